The van der Waals surface area contributed by atoms with E-state index in [1.54, 1.807) is 0 Å². The molecule has 0 radical (unpaired) electrons. The summed E-state index contributed by atoms with van der Waals surface area (Å²) >= 11 is 9.49. The summed E-state index contributed by atoms with van der Waals surface area (Å²) in [4.78, 5) is 13.5. The van der Waals surface area contributed by atoms with Crippen LogP contribution >= 0.6 is 39.9 Å². The van der Waals surface area contributed by atoms with E-state index in [0.29, 0.717) is 18.9 Å². The van der Waals surface area contributed by atoms with E-state index in [-0.39, 0.29) is 12.4 Å². The zero-order chi connectivity index (χ0) is 19.1. The van der Waals surface area contributed by atoms with Crippen LogP contribution in [0.5, 0.6) is 5.75 Å². The molecular weight excluding hydrogens is 463 g/mol. The minimum Gasteiger partial charge on any atom is -0.488 e. The van der Waals surface area contributed by atoms with E-state index >= 15 is 0 Å². The van der Waals surface area contributed by atoms with Crippen molar-refractivity contribution in [2.24, 2.45) is 0 Å². The first-order valence-electron chi connectivity index (χ1n) is 9.26. The van der Waals surface area contributed by atoms with E-state index in [2.05, 4.69) is 33.4 Å². The average molecular weight is 488 g/mol. The quantitative estimate of drug-likeness (QED) is 0.494. The Kier molecular flexibility index (Phi) is 9.59. The molecule has 1 heterocycles. The second kappa shape index (κ2) is 11.7. The van der Waals surface area contributed by atoms with Gasteiger partial charge in [0.15, 0.2) is 0 Å². The van der Waals surface area contributed by atoms with Gasteiger partial charge in [-0.05, 0) is 70.7 Å². The van der Waals surface area contributed by atoms with E-state index in [1.807, 2.05) is 35.2 Å². The van der Waals surface area contributed by atoms with Gasteiger partial charge in [-0.3, -0.25) is 4.79 Å². The Morgan fingerprint density at radius 2 is 1.89 bits per heavy atom. The van der Waals surface area contributed by atoms with Gasteiger partial charge >= 0.3 is 0 Å². The molecule has 1 amide bonds. The number of hydrogen-bond donors (Lipinski definition) is 1. The predicted molar refractivity (Wildman–Crippen MR) is 119 cm³/mol. The number of likely N-dealkylation sites (tertiary alicyclic amines) is 1. The van der Waals surface area contributed by atoms with Gasteiger partial charge in [-0.15, -0.1) is 12.4 Å². The summed E-state index contributed by atoms with van der Waals surface area (Å²) < 4.78 is 6.82. The number of rotatable bonds is 9. The van der Waals surface area contributed by atoms with Gasteiger partial charge in [-0.25, -0.2) is 0 Å². The van der Waals surface area contributed by atoms with Crippen LogP contribution < -0.4 is 10.1 Å². The molecule has 7 heteroatoms. The van der Waals surface area contributed by atoms with Gasteiger partial charge in [-0.1, -0.05) is 29.8 Å². The van der Waals surface area contributed by atoms with Crippen molar-refractivity contribution in [3.05, 3.63) is 63.1 Å². The molecule has 0 spiro atoms. The Labute approximate surface area is 186 Å². The summed E-state index contributed by atoms with van der Waals surface area (Å²) in [5, 5.41) is 4.16. The number of nitrogens with one attached hydrogen (secondary N) is 1. The van der Waals surface area contributed by atoms with Crippen LogP contribution in [0.1, 0.15) is 30.4 Å². The molecule has 1 aliphatic heterocycles. The van der Waals surface area contributed by atoms with Crippen molar-refractivity contribution in [3.63, 3.8) is 0 Å². The lowest BCUT2D eigenvalue weighted by Crippen LogP contribution is -2.28. The van der Waals surface area contributed by atoms with Crippen molar-refractivity contribution in [1.82, 2.24) is 10.2 Å². The highest BCUT2D eigenvalue weighted by Gasteiger charge is 2.18. The maximum atomic E-state index is 11.6. The monoisotopic (exact) mass is 486 g/mol. The van der Waals surface area contributed by atoms with Crippen LogP contribution in [0.15, 0.2) is 46.9 Å². The Morgan fingerprint density at radius 3 is 2.57 bits per heavy atom. The first kappa shape index (κ1) is 23.0. The lowest BCUT2D eigenvalue weighted by molar-refractivity contribution is -0.127. The number of amides is 1. The maximum absolute atomic E-state index is 11.6. The molecule has 0 atom stereocenters. The molecule has 1 saturated heterocycles. The molecule has 1 fully saturated rings. The van der Waals surface area contributed by atoms with Gasteiger partial charge in [0.1, 0.15) is 12.4 Å². The molecule has 1 aliphatic rings. The van der Waals surface area contributed by atoms with Gasteiger partial charge in [0.25, 0.3) is 0 Å². The number of hydrogen-bond acceptors (Lipinski definition) is 3. The number of ether oxygens (including phenoxy) is 1. The van der Waals surface area contributed by atoms with Crippen LogP contribution in [-0.2, 0) is 17.9 Å². The third-order valence-electron chi connectivity index (χ3n) is 4.59. The Balaban J connectivity index is 0.00000280. The van der Waals surface area contributed by atoms with Crippen LogP contribution in [0.2, 0.25) is 5.02 Å². The first-order valence-corrected chi connectivity index (χ1v) is 10.4. The van der Waals surface area contributed by atoms with E-state index in [9.17, 15) is 4.79 Å². The van der Waals surface area contributed by atoms with Crippen LogP contribution in [-0.4, -0.2) is 30.4 Å². The van der Waals surface area contributed by atoms with Crippen molar-refractivity contribution >= 4 is 45.8 Å². The average Bonchev–Trinajstić information content (AvgIpc) is 3.07. The second-order valence-electron chi connectivity index (χ2n) is 6.69. The molecule has 152 valence electrons. The lowest BCUT2D eigenvalue weighted by Gasteiger charge is -2.15. The molecule has 28 heavy (non-hydrogen) atoms. The Hall–Kier alpha value is -1.27. The van der Waals surface area contributed by atoms with E-state index in [1.165, 1.54) is 5.56 Å². The second-order valence-corrected chi connectivity index (χ2v) is 7.99. The van der Waals surface area contributed by atoms with Crippen molar-refractivity contribution in [2.45, 2.75) is 32.4 Å². The molecule has 2 aromatic rings. The van der Waals surface area contributed by atoms with Crippen LogP contribution in [0, 0.1) is 0 Å². The topological polar surface area (TPSA) is 41.6 Å². The normalized spacial score (nSPS) is 13.5. The summed E-state index contributed by atoms with van der Waals surface area (Å²) in [7, 11) is 0. The minimum absolute atomic E-state index is 0. The van der Waals surface area contributed by atoms with E-state index in [0.717, 1.165) is 59.8 Å². The smallest absolute Gasteiger partial charge is 0.222 e. The number of benzene rings is 2. The molecule has 3 rings (SSSR count). The van der Waals surface area contributed by atoms with Gasteiger partial charge < -0.3 is 15.0 Å². The molecular formula is C21H25BrCl2N2O2. The highest BCUT2D eigenvalue weighted by molar-refractivity contribution is 9.10. The molecule has 0 aliphatic carbocycles. The summed E-state index contributed by atoms with van der Waals surface area (Å²) in [5.74, 6) is 1.12. The third-order valence-corrected chi connectivity index (χ3v) is 5.46. The predicted octanol–water partition coefficient (Wildman–Crippen LogP) is 5.21. The van der Waals surface area contributed by atoms with Gasteiger partial charge in [-0.2, -0.15) is 0 Å². The molecule has 0 aromatic heterocycles. The molecule has 0 saturated carbocycles. The van der Waals surface area contributed by atoms with Crippen molar-refractivity contribution in [3.8, 4) is 5.75 Å². The Bertz CT molecular complexity index is 772. The van der Waals surface area contributed by atoms with E-state index < -0.39 is 0 Å². The number of nitrogens with zero attached hydrogens (tertiary/aromatic N) is 1. The van der Waals surface area contributed by atoms with Crippen molar-refractivity contribution in [1.29, 1.82) is 0 Å². The first-order chi connectivity index (χ1) is 13.1. The summed E-state index contributed by atoms with van der Waals surface area (Å²) in [6.45, 7) is 3.97. The van der Waals surface area contributed by atoms with Crippen LogP contribution in [0.25, 0.3) is 0 Å². The lowest BCUT2D eigenvalue weighted by atomic mass is 10.2. The molecule has 2 aromatic carbocycles. The number of carbonyl (C=O) groups excluding carboxylic acids is 1. The highest BCUT2D eigenvalue weighted by atomic mass is 79.9. The van der Waals surface area contributed by atoms with E-state index in [4.69, 9.17) is 16.3 Å². The van der Waals surface area contributed by atoms with Gasteiger partial charge in [0.05, 0.1) is 4.47 Å². The molecule has 0 unspecified atom stereocenters. The standard InChI is InChI=1S/C21H24BrClN2O2.ClH/c22-19-13-17(14-24-10-2-12-25-11-1-3-21(25)26)6-9-20(19)27-15-16-4-7-18(23)8-5-16;/h4-9,13,24H,1-3,10-12,14-15H2;1H. The Morgan fingerprint density at radius 1 is 1.14 bits per heavy atom. The van der Waals surface area contributed by atoms with Crippen molar-refractivity contribution in [2.75, 3.05) is 19.6 Å². The van der Waals surface area contributed by atoms with Gasteiger partial charge in [0, 0.05) is 31.1 Å². The summed E-state index contributed by atoms with van der Waals surface area (Å²) in [6, 6.07) is 13.8. The molecule has 1 N–H and O–H groups in total. The van der Waals surface area contributed by atoms with Crippen LogP contribution in [0.3, 0.4) is 0 Å². The van der Waals surface area contributed by atoms with Crippen molar-refractivity contribution < 1.29 is 9.53 Å². The zero-order valence-electron chi connectivity index (χ0n) is 15.6. The number of carbonyl (C=O) groups is 1. The summed E-state index contributed by atoms with van der Waals surface area (Å²) in [5.41, 5.74) is 2.27. The number of halogens is 3. The maximum Gasteiger partial charge on any atom is 0.222 e. The third kappa shape index (κ3) is 6.96. The molecule has 4 nitrogen and oxygen atoms in total. The molecule has 0 bridgehead atoms. The van der Waals surface area contributed by atoms with Gasteiger partial charge in [0.2, 0.25) is 5.91 Å². The SMILES string of the molecule is Cl.O=C1CCCN1CCCNCc1ccc(OCc2ccc(Cl)cc2)c(Br)c1. The fourth-order valence-corrected chi connectivity index (χ4v) is 3.75. The summed E-state index contributed by atoms with van der Waals surface area (Å²) in [6.07, 6.45) is 2.70. The van der Waals surface area contributed by atoms with Crippen LogP contribution in [0.4, 0.5) is 0 Å². The fraction of sp³-hybridized carbons (Fsp3) is 0.381. The zero-order valence-corrected chi connectivity index (χ0v) is 18.8. The highest BCUT2D eigenvalue weighted by Crippen LogP contribution is 2.27. The fourth-order valence-electron chi connectivity index (χ4n) is 3.08. The minimum atomic E-state index is 0. The largest absolute Gasteiger partial charge is 0.488 e.